The van der Waals surface area contributed by atoms with Crippen LogP contribution in [0.1, 0.15) is 338 Å². The third-order valence-corrected chi connectivity index (χ3v) is 15.7. The van der Waals surface area contributed by atoms with Crippen LogP contribution in [-0.2, 0) is 6.42 Å². The molecule has 3 rings (SSSR count). The van der Waals surface area contributed by atoms with Gasteiger partial charge in [-0.25, -0.2) is 0 Å². The zero-order chi connectivity index (χ0) is 65.5. The Balaban J connectivity index is -0.000000314. The van der Waals surface area contributed by atoms with Gasteiger partial charge in [-0.3, -0.25) is 0 Å². The van der Waals surface area contributed by atoms with Crippen LogP contribution in [0.25, 0.3) is 0 Å². The van der Waals surface area contributed by atoms with Crippen molar-refractivity contribution in [3.05, 3.63) is 137 Å². The molecule has 1 fully saturated rings. The molecule has 490 valence electrons. The third kappa shape index (κ3) is 53.9. The highest BCUT2D eigenvalue weighted by Crippen LogP contribution is 2.35. The van der Waals surface area contributed by atoms with Gasteiger partial charge in [-0.05, 0) is 184 Å². The van der Waals surface area contributed by atoms with E-state index in [1.165, 1.54) is 222 Å². The van der Waals surface area contributed by atoms with Gasteiger partial charge in [-0.15, -0.1) is 13.2 Å². The molecule has 1 aliphatic heterocycles. The SMILES string of the molecule is C=C(C)C1=C(CC)C(C)=CCC1.C=C(C)CCC(C)C(=C)C.C=C(C)CCCCCCCCCCCCC.C=C(C)CN(CC1(C)CCN(C(=C)C=C(C)C)CC1)c1ccc(CC)cc1.CC.CCC.CCCC(C)(C)CCC.CCCCC. The lowest BCUT2D eigenvalue weighted by Gasteiger charge is -2.44. The standard InChI is InChI=1S/C25H38N2.C16H32.C12H18.C10H18.C9H20.C5H12.C3H8.C2H6/c1-8-23-9-11-24(12-10-23)27(18-21(4)5)19-25(7)13-15-26(16-14-25)22(6)17-20(2)3;1-4-5-6-7-8-9-10-11-12-13-14-15-16(2)3;1-5-11-10(4)7-6-8-12(11)9(2)3;1-8(2)6-7-10(5)9(3)4;1-5-7-9(3,4)8-6-2;1-3-5-4-2;1-3-2;1-2/h9-12,17H,4,6,8,13-16,18-19H2,1-3,5,7H3;2,4-15H2,1,3H3;7H,2,5-6,8H2,1,3-4H3;10H,1,3,6-7H2,2,4-5H3;5-8H2,1-4H3;3-5H2,1-2H3;3H2,1-2H3;1-2H3. The largest absolute Gasteiger partial charge is 0.372 e. The van der Waals surface area contributed by atoms with Crippen LogP contribution in [0.3, 0.4) is 0 Å². The van der Waals surface area contributed by atoms with Gasteiger partial charge in [0.05, 0.1) is 0 Å². The number of allylic oxidation sites excluding steroid dienone is 10. The zero-order valence-corrected chi connectivity index (χ0v) is 61.8. The first-order valence-electron chi connectivity index (χ1n) is 35.2. The fourth-order valence-electron chi connectivity index (χ4n) is 10.4. The molecule has 0 N–H and O–H groups in total. The molecule has 1 saturated heterocycles. The number of anilines is 1. The van der Waals surface area contributed by atoms with Crippen molar-refractivity contribution in [2.75, 3.05) is 31.1 Å². The minimum Gasteiger partial charge on any atom is -0.372 e. The lowest BCUT2D eigenvalue weighted by atomic mass is 9.79. The van der Waals surface area contributed by atoms with Gasteiger partial charge in [-0.2, -0.15) is 0 Å². The number of nitrogens with zero attached hydrogens (tertiary/aromatic N) is 2. The molecule has 1 atom stereocenters. The Hall–Kier alpha value is -3.52. The summed E-state index contributed by atoms with van der Waals surface area (Å²) in [5.74, 6) is 0.650. The highest BCUT2D eigenvalue weighted by molar-refractivity contribution is 5.49. The number of hydrogen-bond acceptors (Lipinski definition) is 2. The van der Waals surface area contributed by atoms with Gasteiger partial charge in [0.2, 0.25) is 0 Å². The fraction of sp³-hybridized carbons (Fsp3) is 0.707. The maximum atomic E-state index is 4.26. The molecular weight excluding hydrogens is 1010 g/mol. The summed E-state index contributed by atoms with van der Waals surface area (Å²) in [4.78, 5) is 4.95. The second kappa shape index (κ2) is 58.5. The van der Waals surface area contributed by atoms with Crippen molar-refractivity contribution in [2.24, 2.45) is 16.7 Å². The first-order valence-corrected chi connectivity index (χ1v) is 35.2. The maximum Gasteiger partial charge on any atom is 0.0383 e. The highest BCUT2D eigenvalue weighted by Gasteiger charge is 2.32. The molecule has 0 aromatic heterocycles. The first kappa shape index (κ1) is 89.2. The monoisotopic (exact) mass is 1170 g/mol. The second-order valence-electron chi connectivity index (χ2n) is 26.6. The smallest absolute Gasteiger partial charge is 0.0383 e. The van der Waals surface area contributed by atoms with E-state index in [1.807, 2.05) is 13.8 Å². The molecule has 84 heavy (non-hydrogen) atoms. The number of benzene rings is 1. The molecule has 2 nitrogen and oxygen atoms in total. The molecule has 0 amide bonds. The average Bonchev–Trinajstić information content (AvgIpc) is 3.58. The van der Waals surface area contributed by atoms with Gasteiger partial charge >= 0.3 is 0 Å². The van der Waals surface area contributed by atoms with Crippen molar-refractivity contribution in [3.63, 3.8) is 0 Å². The van der Waals surface area contributed by atoms with E-state index in [-0.39, 0.29) is 0 Å². The van der Waals surface area contributed by atoms with Crippen LogP contribution < -0.4 is 4.90 Å². The van der Waals surface area contributed by atoms with Gasteiger partial charge in [0.25, 0.3) is 0 Å². The van der Waals surface area contributed by atoms with Gasteiger partial charge in [0, 0.05) is 37.6 Å². The Bertz CT molecular complexity index is 1870. The molecule has 0 spiro atoms. The normalized spacial score (nSPS) is 13.3. The van der Waals surface area contributed by atoms with E-state index < -0.39 is 0 Å². The Labute approximate surface area is 532 Å². The minimum atomic E-state index is 0.320. The van der Waals surface area contributed by atoms with Crippen LogP contribution in [0.5, 0.6) is 0 Å². The predicted molar refractivity (Wildman–Crippen MR) is 395 cm³/mol. The van der Waals surface area contributed by atoms with Gasteiger partial charge in [0.1, 0.15) is 0 Å². The predicted octanol–water partition coefficient (Wildman–Crippen LogP) is 28.3. The van der Waals surface area contributed by atoms with Crippen LogP contribution in [0.15, 0.2) is 132 Å². The van der Waals surface area contributed by atoms with Crippen molar-refractivity contribution in [2.45, 2.75) is 339 Å². The van der Waals surface area contributed by atoms with Gasteiger partial charge in [-0.1, -0.05) is 290 Å². The summed E-state index contributed by atoms with van der Waals surface area (Å²) in [6.45, 7) is 78.6. The van der Waals surface area contributed by atoms with Crippen molar-refractivity contribution in [1.29, 1.82) is 0 Å². The molecule has 0 saturated carbocycles. The van der Waals surface area contributed by atoms with Crippen molar-refractivity contribution < 1.29 is 0 Å². The van der Waals surface area contributed by atoms with Crippen molar-refractivity contribution in [1.82, 2.24) is 4.90 Å². The van der Waals surface area contributed by atoms with Crippen LogP contribution >= 0.6 is 0 Å². The summed E-state index contributed by atoms with van der Waals surface area (Å²) in [6, 6.07) is 9.07. The number of aryl methyl sites for hydroxylation is 1. The minimum absolute atomic E-state index is 0.320. The molecule has 1 aromatic carbocycles. The molecule has 0 radical (unpaired) electrons. The number of unbranched alkanes of at least 4 members (excludes halogenated alkanes) is 12. The zero-order valence-electron chi connectivity index (χ0n) is 61.8. The summed E-state index contributed by atoms with van der Waals surface area (Å²) in [6.07, 6.45) is 41.6. The second-order valence-corrected chi connectivity index (χ2v) is 26.6. The number of piperidine rings is 1. The summed E-state index contributed by atoms with van der Waals surface area (Å²) < 4.78 is 0. The third-order valence-electron chi connectivity index (χ3n) is 15.7. The van der Waals surface area contributed by atoms with Crippen LogP contribution in [0.2, 0.25) is 0 Å². The number of likely N-dealkylation sites (tertiary alicyclic amines) is 1. The van der Waals surface area contributed by atoms with E-state index in [9.17, 15) is 0 Å². The molecule has 2 heteroatoms. The molecule has 1 aromatic rings. The summed E-state index contributed by atoms with van der Waals surface area (Å²) >= 11 is 0. The Morgan fingerprint density at radius 3 is 1.42 bits per heavy atom. The molecule has 0 bridgehead atoms. The molecular formula is C82H152N2. The van der Waals surface area contributed by atoms with Crippen LogP contribution in [0, 0.1) is 16.7 Å². The topological polar surface area (TPSA) is 6.48 Å². The van der Waals surface area contributed by atoms with Crippen molar-refractivity contribution >= 4 is 5.69 Å². The summed E-state index contributed by atoms with van der Waals surface area (Å²) in [5.41, 5.74) is 16.9. The van der Waals surface area contributed by atoms with Gasteiger partial charge < -0.3 is 9.80 Å². The van der Waals surface area contributed by atoms with Crippen LogP contribution in [-0.4, -0.2) is 31.1 Å². The highest BCUT2D eigenvalue weighted by atomic mass is 15.2. The Morgan fingerprint density at radius 1 is 0.619 bits per heavy atom. The van der Waals surface area contributed by atoms with Crippen molar-refractivity contribution in [3.8, 4) is 0 Å². The number of rotatable bonds is 32. The van der Waals surface area contributed by atoms with E-state index in [4.69, 9.17) is 0 Å². The van der Waals surface area contributed by atoms with Crippen LogP contribution in [0.4, 0.5) is 5.69 Å². The lowest BCUT2D eigenvalue weighted by Crippen LogP contribution is -2.44. The lowest BCUT2D eigenvalue weighted by molar-refractivity contribution is 0.153. The molecule has 1 unspecified atom stereocenters. The summed E-state index contributed by atoms with van der Waals surface area (Å²) in [7, 11) is 0. The number of hydrogen-bond donors (Lipinski definition) is 0. The summed E-state index contributed by atoms with van der Waals surface area (Å²) in [5, 5.41) is 0. The van der Waals surface area contributed by atoms with Gasteiger partial charge in [0.15, 0.2) is 0 Å². The average molecular weight is 1170 g/mol. The molecule has 1 heterocycles. The Morgan fingerprint density at radius 2 is 1.07 bits per heavy atom. The molecule has 1 aliphatic carbocycles. The fourth-order valence-corrected chi connectivity index (χ4v) is 10.4. The van der Waals surface area contributed by atoms with E-state index in [0.29, 0.717) is 16.7 Å². The Kier molecular flexibility index (Phi) is 62.1. The molecule has 2 aliphatic rings. The first-order chi connectivity index (χ1) is 39.6. The van der Waals surface area contributed by atoms with E-state index in [1.54, 1.807) is 0 Å². The van der Waals surface area contributed by atoms with E-state index in [2.05, 4.69) is 231 Å². The van der Waals surface area contributed by atoms with E-state index >= 15 is 0 Å². The van der Waals surface area contributed by atoms with E-state index in [0.717, 1.165) is 51.1 Å². The quantitative estimate of drug-likeness (QED) is 0.0403. The maximum absolute atomic E-state index is 4.26.